The fourth-order valence-electron chi connectivity index (χ4n) is 2.09. The first-order valence-corrected chi connectivity index (χ1v) is 7.88. The largest absolute Gasteiger partial charge is 0.494 e. The zero-order chi connectivity index (χ0) is 13.3. The molecule has 1 unspecified atom stereocenters. The quantitative estimate of drug-likeness (QED) is 0.857. The van der Waals surface area contributed by atoms with Gasteiger partial charge in [0, 0.05) is 10.4 Å². The highest BCUT2D eigenvalue weighted by Gasteiger charge is 2.37. The van der Waals surface area contributed by atoms with E-state index in [0.29, 0.717) is 6.61 Å². The van der Waals surface area contributed by atoms with Crippen LogP contribution >= 0.6 is 23.7 Å². The first-order valence-electron chi connectivity index (χ1n) is 6.05. The predicted molar refractivity (Wildman–Crippen MR) is 81.3 cm³/mol. The number of nitrogens with two attached hydrogens (primary N) is 1. The summed E-state index contributed by atoms with van der Waals surface area (Å²) in [7, 11) is 0. The van der Waals surface area contributed by atoms with Crippen LogP contribution in [0.2, 0.25) is 0 Å². The maximum Gasteiger partial charge on any atom is 0.141 e. The summed E-state index contributed by atoms with van der Waals surface area (Å²) in [5, 5.41) is 5.82. The third kappa shape index (κ3) is 2.58. The van der Waals surface area contributed by atoms with Crippen molar-refractivity contribution in [2.24, 2.45) is 5.14 Å². The van der Waals surface area contributed by atoms with Gasteiger partial charge in [-0.1, -0.05) is 11.8 Å². The Hall–Kier alpha value is -0.520. The molecule has 0 aliphatic carbocycles. The van der Waals surface area contributed by atoms with Crippen molar-refractivity contribution >= 4 is 29.4 Å². The monoisotopic (exact) mass is 284 g/mol. The standard InChI is InChI=1S/C13H20N2OS2/c1-5-16-9-6-7-10-11(8-9)17-12(18-14)15(10)13(2,3)4/h6-8,12H,5,14H2,1-4H3. The van der Waals surface area contributed by atoms with Crippen molar-refractivity contribution in [3.05, 3.63) is 18.2 Å². The fourth-order valence-corrected chi connectivity index (χ4v) is 4.39. The van der Waals surface area contributed by atoms with Crippen molar-refractivity contribution in [3.63, 3.8) is 0 Å². The Morgan fingerprint density at radius 1 is 1.44 bits per heavy atom. The Balaban J connectivity index is 2.36. The summed E-state index contributed by atoms with van der Waals surface area (Å²) < 4.78 is 5.78. The van der Waals surface area contributed by atoms with Crippen LogP contribution in [0.15, 0.2) is 23.1 Å². The molecule has 0 saturated heterocycles. The average molecular weight is 284 g/mol. The highest BCUT2D eigenvalue weighted by molar-refractivity contribution is 8.16. The van der Waals surface area contributed by atoms with E-state index < -0.39 is 0 Å². The van der Waals surface area contributed by atoms with Gasteiger partial charge in [-0.05, 0) is 57.8 Å². The molecule has 1 aromatic carbocycles. The Morgan fingerprint density at radius 2 is 2.17 bits per heavy atom. The molecule has 2 N–H and O–H groups in total. The first kappa shape index (κ1) is 13.9. The molecule has 3 nitrogen and oxygen atoms in total. The summed E-state index contributed by atoms with van der Waals surface area (Å²) in [6.07, 6.45) is 0. The minimum Gasteiger partial charge on any atom is -0.494 e. The number of benzene rings is 1. The molecule has 1 aliphatic rings. The molecule has 2 rings (SSSR count). The maximum absolute atomic E-state index is 5.82. The second-order valence-corrected chi connectivity index (χ2v) is 7.30. The van der Waals surface area contributed by atoms with Crippen LogP contribution in [0.25, 0.3) is 0 Å². The molecule has 0 saturated carbocycles. The molecule has 0 spiro atoms. The van der Waals surface area contributed by atoms with Crippen molar-refractivity contribution in [1.29, 1.82) is 0 Å². The highest BCUT2D eigenvalue weighted by atomic mass is 32.2. The van der Waals surface area contributed by atoms with Gasteiger partial charge in [-0.15, -0.1) is 0 Å². The van der Waals surface area contributed by atoms with Gasteiger partial charge in [0.1, 0.15) is 10.5 Å². The van der Waals surface area contributed by atoms with Gasteiger partial charge in [-0.25, -0.2) is 0 Å². The van der Waals surface area contributed by atoms with E-state index in [4.69, 9.17) is 9.88 Å². The van der Waals surface area contributed by atoms with Gasteiger partial charge < -0.3 is 9.64 Å². The van der Waals surface area contributed by atoms with E-state index in [0.717, 1.165) is 5.75 Å². The van der Waals surface area contributed by atoms with Crippen LogP contribution in [0.1, 0.15) is 27.7 Å². The second-order valence-electron chi connectivity index (χ2n) is 5.16. The molecule has 100 valence electrons. The molecular weight excluding hydrogens is 264 g/mol. The lowest BCUT2D eigenvalue weighted by Crippen LogP contribution is -2.44. The molecule has 0 bridgehead atoms. The number of anilines is 1. The lowest BCUT2D eigenvalue weighted by atomic mass is 10.1. The van der Waals surface area contributed by atoms with E-state index >= 15 is 0 Å². The zero-order valence-electron chi connectivity index (χ0n) is 11.3. The van der Waals surface area contributed by atoms with Crippen LogP contribution < -0.4 is 14.8 Å². The Morgan fingerprint density at radius 3 is 2.72 bits per heavy atom. The number of rotatable bonds is 3. The smallest absolute Gasteiger partial charge is 0.141 e. The number of hydrogen-bond acceptors (Lipinski definition) is 5. The van der Waals surface area contributed by atoms with Crippen LogP contribution in [0, 0.1) is 0 Å². The highest BCUT2D eigenvalue weighted by Crippen LogP contribution is 2.50. The third-order valence-corrected chi connectivity index (χ3v) is 4.84. The van der Waals surface area contributed by atoms with Crippen molar-refractivity contribution in [2.75, 3.05) is 11.5 Å². The predicted octanol–water partition coefficient (Wildman–Crippen LogP) is 3.69. The SMILES string of the molecule is CCOc1ccc2c(c1)SC(SN)N2C(C)(C)C. The number of fused-ring (bicyclic) bond motifs is 1. The van der Waals surface area contributed by atoms with Gasteiger partial charge in [-0.2, -0.15) is 0 Å². The molecule has 0 fully saturated rings. The third-order valence-electron chi connectivity index (χ3n) is 2.78. The normalized spacial score (nSPS) is 18.9. The van der Waals surface area contributed by atoms with Gasteiger partial charge in [0.25, 0.3) is 0 Å². The summed E-state index contributed by atoms with van der Waals surface area (Å²) in [5.74, 6) is 0.931. The minimum atomic E-state index is 0.0580. The Kier molecular flexibility index (Phi) is 4.04. The van der Waals surface area contributed by atoms with Crippen LogP contribution in [0.3, 0.4) is 0 Å². The minimum absolute atomic E-state index is 0.0580. The maximum atomic E-state index is 5.82. The molecule has 1 aliphatic heterocycles. The molecular formula is C13H20N2OS2. The number of nitrogens with zero attached hydrogens (tertiary/aromatic N) is 1. The lowest BCUT2D eigenvalue weighted by Gasteiger charge is -2.37. The van der Waals surface area contributed by atoms with Crippen LogP contribution in [-0.2, 0) is 0 Å². The Bertz CT molecular complexity index is 431. The van der Waals surface area contributed by atoms with E-state index in [2.05, 4.69) is 37.8 Å². The second kappa shape index (κ2) is 5.23. The van der Waals surface area contributed by atoms with E-state index in [1.165, 1.54) is 22.5 Å². The molecule has 5 heteroatoms. The van der Waals surface area contributed by atoms with E-state index in [1.807, 2.05) is 13.0 Å². The van der Waals surface area contributed by atoms with Gasteiger partial charge in [0.05, 0.1) is 12.3 Å². The summed E-state index contributed by atoms with van der Waals surface area (Å²) >= 11 is 3.19. The number of ether oxygens (including phenoxy) is 1. The lowest BCUT2D eigenvalue weighted by molar-refractivity contribution is 0.339. The van der Waals surface area contributed by atoms with Gasteiger partial charge >= 0.3 is 0 Å². The fraction of sp³-hybridized carbons (Fsp3) is 0.538. The number of thioether (sulfide) groups is 1. The molecule has 1 atom stereocenters. The van der Waals surface area contributed by atoms with Crippen LogP contribution in [-0.4, -0.2) is 16.9 Å². The van der Waals surface area contributed by atoms with Gasteiger partial charge in [0.15, 0.2) is 0 Å². The average Bonchev–Trinajstić information content (AvgIpc) is 2.66. The van der Waals surface area contributed by atoms with Crippen molar-refractivity contribution in [2.45, 2.75) is 42.8 Å². The topological polar surface area (TPSA) is 38.5 Å². The molecule has 1 heterocycles. The van der Waals surface area contributed by atoms with Crippen molar-refractivity contribution in [1.82, 2.24) is 0 Å². The van der Waals surface area contributed by atoms with Gasteiger partial charge in [-0.3, -0.25) is 5.14 Å². The van der Waals surface area contributed by atoms with E-state index in [1.54, 1.807) is 11.8 Å². The van der Waals surface area contributed by atoms with Gasteiger partial charge in [0.2, 0.25) is 0 Å². The van der Waals surface area contributed by atoms with E-state index in [-0.39, 0.29) is 10.2 Å². The molecule has 0 amide bonds. The van der Waals surface area contributed by atoms with Crippen LogP contribution in [0.5, 0.6) is 5.75 Å². The van der Waals surface area contributed by atoms with Crippen LogP contribution in [0.4, 0.5) is 5.69 Å². The summed E-state index contributed by atoms with van der Waals surface area (Å²) in [6, 6.07) is 6.28. The zero-order valence-corrected chi connectivity index (χ0v) is 12.9. The molecule has 0 radical (unpaired) electrons. The van der Waals surface area contributed by atoms with E-state index in [9.17, 15) is 0 Å². The molecule has 18 heavy (non-hydrogen) atoms. The molecule has 1 aromatic rings. The Labute approximate surface area is 118 Å². The summed E-state index contributed by atoms with van der Waals surface area (Å²) in [6.45, 7) is 9.33. The molecule has 0 aromatic heterocycles. The first-order chi connectivity index (χ1) is 8.47. The number of hydrogen-bond donors (Lipinski definition) is 1. The summed E-state index contributed by atoms with van der Waals surface area (Å²) in [5.41, 5.74) is 1.31. The van der Waals surface area contributed by atoms with Crippen molar-refractivity contribution in [3.8, 4) is 5.75 Å². The summed E-state index contributed by atoms with van der Waals surface area (Å²) in [4.78, 5) is 3.62. The van der Waals surface area contributed by atoms with Crippen molar-refractivity contribution < 1.29 is 4.74 Å².